The van der Waals surface area contributed by atoms with Crippen LogP contribution in [0.4, 0.5) is 0 Å². The van der Waals surface area contributed by atoms with Crippen LogP contribution < -0.4 is 5.32 Å². The van der Waals surface area contributed by atoms with Crippen LogP contribution in [0.5, 0.6) is 0 Å². The smallest absolute Gasteiger partial charge is 0.129 e. The highest BCUT2D eigenvalue weighted by molar-refractivity contribution is 6.31. The lowest BCUT2D eigenvalue weighted by Gasteiger charge is -2.20. The van der Waals surface area contributed by atoms with E-state index in [2.05, 4.69) is 31.2 Å². The van der Waals surface area contributed by atoms with Crippen molar-refractivity contribution in [1.82, 2.24) is 15.1 Å². The van der Waals surface area contributed by atoms with E-state index in [-0.39, 0.29) is 12.1 Å². The average Bonchev–Trinajstić information content (AvgIpc) is 2.93. The summed E-state index contributed by atoms with van der Waals surface area (Å²) in [5, 5.41) is 8.45. The summed E-state index contributed by atoms with van der Waals surface area (Å²) in [6.45, 7) is 9.10. The number of furan rings is 1. The molecular weight excluding hydrogens is 262 g/mol. The molecule has 2 heterocycles. The van der Waals surface area contributed by atoms with E-state index in [1.165, 1.54) is 0 Å². The van der Waals surface area contributed by atoms with E-state index < -0.39 is 0 Å². The molecule has 0 fully saturated rings. The van der Waals surface area contributed by atoms with Gasteiger partial charge in [-0.1, -0.05) is 18.5 Å². The predicted molar refractivity (Wildman–Crippen MR) is 76.6 cm³/mol. The van der Waals surface area contributed by atoms with Crippen LogP contribution in [0.1, 0.15) is 49.9 Å². The molecule has 0 spiro atoms. The second-order valence-electron chi connectivity index (χ2n) is 4.87. The van der Waals surface area contributed by atoms with Crippen LogP contribution in [0, 0.1) is 6.92 Å². The van der Waals surface area contributed by atoms with Gasteiger partial charge in [0.15, 0.2) is 0 Å². The number of nitrogens with zero attached hydrogens (tertiary/aromatic N) is 2. The Hall–Kier alpha value is -1.26. The van der Waals surface area contributed by atoms with Crippen molar-refractivity contribution in [1.29, 1.82) is 0 Å². The maximum atomic E-state index is 6.32. The molecule has 2 rings (SSSR count). The summed E-state index contributed by atoms with van der Waals surface area (Å²) in [6.07, 6.45) is 3.40. The molecule has 0 aromatic carbocycles. The van der Waals surface area contributed by atoms with E-state index in [1.807, 2.05) is 17.7 Å². The largest absolute Gasteiger partial charge is 0.467 e. The van der Waals surface area contributed by atoms with Crippen LogP contribution in [0.3, 0.4) is 0 Å². The van der Waals surface area contributed by atoms with E-state index in [9.17, 15) is 0 Å². The van der Waals surface area contributed by atoms with Crippen LogP contribution >= 0.6 is 11.6 Å². The minimum absolute atomic E-state index is 0.0719. The van der Waals surface area contributed by atoms with Crippen LogP contribution in [-0.2, 0) is 0 Å². The van der Waals surface area contributed by atoms with Crippen molar-refractivity contribution >= 4 is 11.6 Å². The number of hydrogen-bond acceptors (Lipinski definition) is 3. The van der Waals surface area contributed by atoms with Gasteiger partial charge in [0.05, 0.1) is 23.2 Å². The van der Waals surface area contributed by atoms with E-state index in [0.29, 0.717) is 5.02 Å². The number of halogens is 1. The molecule has 2 aromatic heterocycles. The minimum atomic E-state index is -0.0719. The molecule has 0 bridgehead atoms. The van der Waals surface area contributed by atoms with Gasteiger partial charge in [0.1, 0.15) is 11.8 Å². The van der Waals surface area contributed by atoms with Crippen LogP contribution in [0.2, 0.25) is 5.02 Å². The van der Waals surface area contributed by atoms with E-state index in [4.69, 9.17) is 16.0 Å². The predicted octanol–water partition coefficient (Wildman–Crippen LogP) is 3.72. The molecule has 1 unspecified atom stereocenters. The van der Waals surface area contributed by atoms with Crippen LogP contribution in [0.15, 0.2) is 22.9 Å². The lowest BCUT2D eigenvalue weighted by molar-refractivity contribution is 0.414. The summed E-state index contributed by atoms with van der Waals surface area (Å²) >= 11 is 6.32. The zero-order valence-electron chi connectivity index (χ0n) is 11.8. The molecule has 0 aliphatic heterocycles. The zero-order valence-corrected chi connectivity index (χ0v) is 12.5. The highest BCUT2D eigenvalue weighted by Crippen LogP contribution is 2.32. The SMILES string of the molecule is CCNC(c1occc1C)c1c(Cl)cnn1C(C)C. The quantitative estimate of drug-likeness (QED) is 0.908. The average molecular weight is 282 g/mol. The van der Waals surface area contributed by atoms with Gasteiger partial charge in [0.25, 0.3) is 0 Å². The van der Waals surface area contributed by atoms with Crippen molar-refractivity contribution in [3.8, 4) is 0 Å². The van der Waals surface area contributed by atoms with Gasteiger partial charge < -0.3 is 9.73 Å². The summed E-state index contributed by atoms with van der Waals surface area (Å²) in [5.41, 5.74) is 2.06. The molecular formula is C14H20ClN3O. The Balaban J connectivity index is 2.51. The molecule has 19 heavy (non-hydrogen) atoms. The molecule has 4 nitrogen and oxygen atoms in total. The van der Waals surface area contributed by atoms with Gasteiger partial charge >= 0.3 is 0 Å². The molecule has 104 valence electrons. The second kappa shape index (κ2) is 5.80. The van der Waals surface area contributed by atoms with E-state index in [0.717, 1.165) is 23.6 Å². The van der Waals surface area contributed by atoms with Crippen molar-refractivity contribution in [3.05, 3.63) is 40.6 Å². The summed E-state index contributed by atoms with van der Waals surface area (Å²) < 4.78 is 7.57. The Kier molecular flexibility index (Phi) is 4.32. The fourth-order valence-corrected chi connectivity index (χ4v) is 2.47. The van der Waals surface area contributed by atoms with Crippen molar-refractivity contribution in [2.75, 3.05) is 6.54 Å². The van der Waals surface area contributed by atoms with Gasteiger partial charge in [-0.15, -0.1) is 0 Å². The van der Waals surface area contributed by atoms with Crippen LogP contribution in [-0.4, -0.2) is 16.3 Å². The van der Waals surface area contributed by atoms with E-state index in [1.54, 1.807) is 12.5 Å². The van der Waals surface area contributed by atoms with Gasteiger partial charge in [0.2, 0.25) is 0 Å². The Morgan fingerprint density at radius 3 is 2.74 bits per heavy atom. The van der Waals surface area contributed by atoms with Gasteiger partial charge in [-0.05, 0) is 38.9 Å². The Morgan fingerprint density at radius 2 is 2.21 bits per heavy atom. The standard InChI is InChI=1S/C14H20ClN3O/c1-5-16-12(14-10(4)6-7-19-14)13-11(15)8-17-18(13)9(2)3/h6-9,12,16H,5H2,1-4H3. The van der Waals surface area contributed by atoms with Crippen molar-refractivity contribution in [3.63, 3.8) is 0 Å². The molecule has 0 saturated carbocycles. The fourth-order valence-electron chi connectivity index (χ4n) is 2.23. The summed E-state index contributed by atoms with van der Waals surface area (Å²) in [7, 11) is 0. The first-order valence-electron chi connectivity index (χ1n) is 6.56. The number of aromatic nitrogens is 2. The first kappa shape index (κ1) is 14.2. The molecule has 5 heteroatoms. The monoisotopic (exact) mass is 281 g/mol. The summed E-state index contributed by atoms with van der Waals surface area (Å²) in [6, 6.07) is 2.14. The fraction of sp³-hybridized carbons (Fsp3) is 0.500. The molecule has 1 N–H and O–H groups in total. The first-order valence-corrected chi connectivity index (χ1v) is 6.94. The molecule has 2 aromatic rings. The van der Waals surface area contributed by atoms with Gasteiger partial charge in [-0.25, -0.2) is 0 Å². The van der Waals surface area contributed by atoms with Crippen molar-refractivity contribution < 1.29 is 4.42 Å². The lowest BCUT2D eigenvalue weighted by Crippen LogP contribution is -2.26. The maximum absolute atomic E-state index is 6.32. The van der Waals surface area contributed by atoms with Gasteiger partial charge in [-0.3, -0.25) is 4.68 Å². The minimum Gasteiger partial charge on any atom is -0.467 e. The van der Waals surface area contributed by atoms with E-state index >= 15 is 0 Å². The van der Waals surface area contributed by atoms with Crippen LogP contribution in [0.25, 0.3) is 0 Å². The normalized spacial score (nSPS) is 13.2. The topological polar surface area (TPSA) is 43.0 Å². The van der Waals surface area contributed by atoms with Gasteiger partial charge in [-0.2, -0.15) is 5.10 Å². The number of hydrogen-bond donors (Lipinski definition) is 1. The molecule has 1 atom stereocenters. The van der Waals surface area contributed by atoms with Gasteiger partial charge in [0, 0.05) is 6.04 Å². The highest BCUT2D eigenvalue weighted by atomic mass is 35.5. The molecule has 0 aliphatic rings. The molecule has 0 radical (unpaired) electrons. The highest BCUT2D eigenvalue weighted by Gasteiger charge is 2.26. The first-order chi connectivity index (χ1) is 9.06. The Labute approximate surface area is 118 Å². The summed E-state index contributed by atoms with van der Waals surface area (Å²) in [5.74, 6) is 0.895. The lowest BCUT2D eigenvalue weighted by atomic mass is 10.1. The Morgan fingerprint density at radius 1 is 1.47 bits per heavy atom. The molecule has 0 aliphatic carbocycles. The third kappa shape index (κ3) is 2.69. The third-order valence-corrected chi connectivity index (χ3v) is 3.41. The van der Waals surface area contributed by atoms with Crippen molar-refractivity contribution in [2.45, 2.75) is 39.8 Å². The molecule has 0 amide bonds. The Bertz CT molecular complexity index is 545. The maximum Gasteiger partial charge on any atom is 0.129 e. The van der Waals surface area contributed by atoms with Crippen molar-refractivity contribution in [2.24, 2.45) is 0 Å². The second-order valence-corrected chi connectivity index (χ2v) is 5.28. The summed E-state index contributed by atoms with van der Waals surface area (Å²) in [4.78, 5) is 0. The molecule has 0 saturated heterocycles. The number of rotatable bonds is 5. The third-order valence-electron chi connectivity index (χ3n) is 3.12. The number of nitrogens with one attached hydrogen (secondary N) is 1. The zero-order chi connectivity index (χ0) is 14.0. The number of aryl methyl sites for hydroxylation is 1.